The summed E-state index contributed by atoms with van der Waals surface area (Å²) in [4.78, 5) is 0.449. The summed E-state index contributed by atoms with van der Waals surface area (Å²) in [5, 5.41) is 0. The molecule has 3 rings (SSSR count). The maximum Gasteiger partial charge on any atom is 0.243 e. The van der Waals surface area contributed by atoms with E-state index in [1.807, 2.05) is 32.0 Å². The van der Waals surface area contributed by atoms with Gasteiger partial charge in [0.2, 0.25) is 10.0 Å². The molecule has 4 nitrogen and oxygen atoms in total. The highest BCUT2D eigenvalue weighted by Gasteiger charge is 2.29. The van der Waals surface area contributed by atoms with Gasteiger partial charge in [-0.05, 0) is 50.5 Å². The first-order valence-corrected chi connectivity index (χ1v) is 9.15. The van der Waals surface area contributed by atoms with E-state index in [-0.39, 0.29) is 0 Å². The van der Waals surface area contributed by atoms with Crippen molar-refractivity contribution in [2.45, 2.75) is 38.1 Å². The standard InChI is InChI=1S/C17H22N2O2S/c1-14-9-10-15(2)19(14)13-16-7-3-4-8-17(16)22(20,21)18-11-5-6-12-18/h3-4,7-10H,5-6,11-13H2,1-2H3. The maximum absolute atomic E-state index is 12.9. The Bertz CT molecular complexity index is 752. The molecule has 2 heterocycles. The Hall–Kier alpha value is -1.59. The predicted octanol–water partition coefficient (Wildman–Crippen LogP) is 2.94. The van der Waals surface area contributed by atoms with E-state index in [0.717, 1.165) is 29.8 Å². The van der Waals surface area contributed by atoms with Gasteiger partial charge in [-0.1, -0.05) is 18.2 Å². The van der Waals surface area contributed by atoms with Gasteiger partial charge >= 0.3 is 0 Å². The second kappa shape index (κ2) is 5.89. The first-order chi connectivity index (χ1) is 10.5. The van der Waals surface area contributed by atoms with Crippen molar-refractivity contribution in [1.82, 2.24) is 8.87 Å². The summed E-state index contributed by atoms with van der Waals surface area (Å²) in [6, 6.07) is 11.5. The Balaban J connectivity index is 2.00. The van der Waals surface area contributed by atoms with Crippen molar-refractivity contribution in [3.8, 4) is 0 Å². The lowest BCUT2D eigenvalue weighted by atomic mass is 10.2. The summed E-state index contributed by atoms with van der Waals surface area (Å²) in [7, 11) is -3.38. The molecular weight excluding hydrogens is 296 g/mol. The molecule has 1 fully saturated rings. The van der Waals surface area contributed by atoms with E-state index in [0.29, 0.717) is 24.5 Å². The molecule has 0 bridgehead atoms. The predicted molar refractivity (Wildman–Crippen MR) is 87.4 cm³/mol. The van der Waals surface area contributed by atoms with Crippen molar-refractivity contribution < 1.29 is 8.42 Å². The van der Waals surface area contributed by atoms with Crippen LogP contribution in [0.1, 0.15) is 29.8 Å². The lowest BCUT2D eigenvalue weighted by molar-refractivity contribution is 0.476. The van der Waals surface area contributed by atoms with E-state index in [4.69, 9.17) is 0 Å². The molecule has 1 aromatic heterocycles. The van der Waals surface area contributed by atoms with Crippen LogP contribution in [0.15, 0.2) is 41.3 Å². The summed E-state index contributed by atoms with van der Waals surface area (Å²) < 4.78 is 29.5. The average molecular weight is 318 g/mol. The van der Waals surface area contributed by atoms with Crippen molar-refractivity contribution in [2.24, 2.45) is 0 Å². The van der Waals surface area contributed by atoms with Crippen LogP contribution >= 0.6 is 0 Å². The molecule has 0 N–H and O–H groups in total. The smallest absolute Gasteiger partial charge is 0.243 e. The van der Waals surface area contributed by atoms with Gasteiger partial charge in [-0.15, -0.1) is 0 Å². The Morgan fingerprint density at radius 2 is 1.55 bits per heavy atom. The van der Waals surface area contributed by atoms with Crippen LogP contribution < -0.4 is 0 Å². The lowest BCUT2D eigenvalue weighted by Gasteiger charge is -2.19. The largest absolute Gasteiger partial charge is 0.345 e. The minimum atomic E-state index is -3.38. The van der Waals surface area contributed by atoms with Crippen molar-refractivity contribution in [1.29, 1.82) is 0 Å². The number of benzene rings is 1. The number of aromatic nitrogens is 1. The minimum Gasteiger partial charge on any atom is -0.345 e. The van der Waals surface area contributed by atoms with E-state index in [1.165, 1.54) is 0 Å². The molecule has 5 heteroatoms. The second-order valence-electron chi connectivity index (χ2n) is 5.92. The molecule has 1 saturated heterocycles. The van der Waals surface area contributed by atoms with E-state index in [1.54, 1.807) is 10.4 Å². The number of aryl methyl sites for hydroxylation is 2. The molecule has 1 aliphatic rings. The molecule has 1 aromatic carbocycles. The Morgan fingerprint density at radius 3 is 2.18 bits per heavy atom. The molecular formula is C17H22N2O2S. The molecule has 1 aliphatic heterocycles. The van der Waals surface area contributed by atoms with Crippen molar-refractivity contribution in [3.63, 3.8) is 0 Å². The average Bonchev–Trinajstić information content (AvgIpc) is 3.14. The van der Waals surface area contributed by atoms with Crippen molar-refractivity contribution in [2.75, 3.05) is 13.1 Å². The first-order valence-electron chi connectivity index (χ1n) is 7.71. The number of sulfonamides is 1. The van der Waals surface area contributed by atoms with Crippen LogP contribution in [-0.2, 0) is 16.6 Å². The van der Waals surface area contributed by atoms with Crippen molar-refractivity contribution >= 4 is 10.0 Å². The fourth-order valence-electron chi connectivity index (χ4n) is 3.07. The second-order valence-corrected chi connectivity index (χ2v) is 7.83. The number of hydrogen-bond donors (Lipinski definition) is 0. The van der Waals surface area contributed by atoms with Gasteiger partial charge in [0.1, 0.15) is 0 Å². The van der Waals surface area contributed by atoms with Gasteiger partial charge in [-0.3, -0.25) is 0 Å². The maximum atomic E-state index is 12.9. The topological polar surface area (TPSA) is 42.3 Å². The molecule has 118 valence electrons. The molecule has 0 amide bonds. The highest BCUT2D eigenvalue weighted by molar-refractivity contribution is 7.89. The van der Waals surface area contributed by atoms with Crippen LogP contribution in [0.2, 0.25) is 0 Å². The van der Waals surface area contributed by atoms with Crippen LogP contribution in [0.5, 0.6) is 0 Å². The summed E-state index contributed by atoms with van der Waals surface area (Å²) in [6.07, 6.45) is 1.91. The van der Waals surface area contributed by atoms with Gasteiger partial charge < -0.3 is 4.57 Å². The zero-order valence-electron chi connectivity index (χ0n) is 13.1. The van der Waals surface area contributed by atoms with E-state index >= 15 is 0 Å². The quantitative estimate of drug-likeness (QED) is 0.870. The highest BCUT2D eigenvalue weighted by atomic mass is 32.2. The zero-order chi connectivity index (χ0) is 15.7. The summed E-state index contributed by atoms with van der Waals surface area (Å²) >= 11 is 0. The van der Waals surface area contributed by atoms with E-state index in [2.05, 4.69) is 16.7 Å². The fourth-order valence-corrected chi connectivity index (χ4v) is 4.80. The molecule has 0 radical (unpaired) electrons. The van der Waals surface area contributed by atoms with Gasteiger partial charge in [0.05, 0.1) is 4.90 Å². The number of hydrogen-bond acceptors (Lipinski definition) is 2. The van der Waals surface area contributed by atoms with E-state index < -0.39 is 10.0 Å². The third-order valence-corrected chi connectivity index (χ3v) is 6.40. The van der Waals surface area contributed by atoms with Crippen LogP contribution in [-0.4, -0.2) is 30.4 Å². The molecule has 0 saturated carbocycles. The Morgan fingerprint density at radius 1 is 0.955 bits per heavy atom. The lowest BCUT2D eigenvalue weighted by Crippen LogP contribution is -2.29. The van der Waals surface area contributed by atoms with Gasteiger partial charge in [-0.25, -0.2) is 8.42 Å². The summed E-state index contributed by atoms with van der Waals surface area (Å²) in [5.74, 6) is 0. The first kappa shape index (κ1) is 15.3. The van der Waals surface area contributed by atoms with Gasteiger partial charge in [0.15, 0.2) is 0 Å². The minimum absolute atomic E-state index is 0.449. The van der Waals surface area contributed by atoms with Crippen LogP contribution in [0.25, 0.3) is 0 Å². The Kier molecular flexibility index (Phi) is 4.10. The molecule has 2 aromatic rings. The highest BCUT2D eigenvalue weighted by Crippen LogP contribution is 2.25. The third-order valence-electron chi connectivity index (χ3n) is 4.40. The monoisotopic (exact) mass is 318 g/mol. The number of nitrogens with zero attached hydrogens (tertiary/aromatic N) is 2. The SMILES string of the molecule is Cc1ccc(C)n1Cc1ccccc1S(=O)(=O)N1CCCC1. The van der Waals surface area contributed by atoms with Gasteiger partial charge in [0, 0.05) is 31.0 Å². The fraction of sp³-hybridized carbons (Fsp3) is 0.412. The zero-order valence-corrected chi connectivity index (χ0v) is 13.9. The van der Waals surface area contributed by atoms with Crippen LogP contribution in [0.3, 0.4) is 0 Å². The van der Waals surface area contributed by atoms with Crippen molar-refractivity contribution in [3.05, 3.63) is 53.3 Å². The molecule has 0 spiro atoms. The van der Waals surface area contributed by atoms with E-state index in [9.17, 15) is 8.42 Å². The van der Waals surface area contributed by atoms with Crippen LogP contribution in [0.4, 0.5) is 0 Å². The van der Waals surface area contributed by atoms with Gasteiger partial charge in [-0.2, -0.15) is 4.31 Å². The molecule has 0 atom stereocenters. The summed E-state index contributed by atoms with van der Waals surface area (Å²) in [5.41, 5.74) is 3.15. The van der Waals surface area contributed by atoms with Crippen LogP contribution in [0, 0.1) is 13.8 Å². The summed E-state index contributed by atoms with van der Waals surface area (Å²) in [6.45, 7) is 5.96. The number of rotatable bonds is 4. The molecule has 0 unspecified atom stereocenters. The normalized spacial score (nSPS) is 16.3. The molecule has 0 aliphatic carbocycles. The molecule has 22 heavy (non-hydrogen) atoms. The van der Waals surface area contributed by atoms with Gasteiger partial charge in [0.25, 0.3) is 0 Å². The third kappa shape index (κ3) is 2.71. The Labute approximate surface area is 132 Å².